The Kier molecular flexibility index (Phi) is 3.66. The zero-order chi connectivity index (χ0) is 14.9. The molecule has 104 valence electrons. The van der Waals surface area contributed by atoms with Gasteiger partial charge in [0.15, 0.2) is 5.13 Å². The number of halogens is 1. The maximum absolute atomic E-state index is 13.2. The highest BCUT2D eigenvalue weighted by atomic mass is 32.1. The van der Waals surface area contributed by atoms with Crippen LogP contribution >= 0.6 is 11.3 Å². The quantitative estimate of drug-likeness (QED) is 0.804. The van der Waals surface area contributed by atoms with Crippen molar-refractivity contribution in [3.05, 3.63) is 40.2 Å². The molecule has 0 spiro atoms. The molecule has 4 N–H and O–H groups in total. The topological polar surface area (TPSA) is 105 Å². The Morgan fingerprint density at radius 3 is 2.70 bits per heavy atom. The lowest BCUT2D eigenvalue weighted by Gasteiger charge is -2.07. The number of carboxylic acid groups (broad SMARTS) is 1. The molecule has 0 saturated heterocycles. The van der Waals surface area contributed by atoms with Gasteiger partial charge in [-0.2, -0.15) is 0 Å². The normalized spacial score (nSPS) is 10.3. The molecule has 0 unspecified atom stereocenters. The van der Waals surface area contributed by atoms with Crippen molar-refractivity contribution in [2.45, 2.75) is 6.92 Å². The van der Waals surface area contributed by atoms with Gasteiger partial charge < -0.3 is 16.2 Å². The van der Waals surface area contributed by atoms with Crippen molar-refractivity contribution in [2.75, 3.05) is 11.1 Å². The van der Waals surface area contributed by atoms with Crippen LogP contribution in [0.2, 0.25) is 0 Å². The third kappa shape index (κ3) is 2.75. The molecule has 0 atom stereocenters. The van der Waals surface area contributed by atoms with E-state index in [0.717, 1.165) is 29.5 Å². The number of carbonyl (C=O) groups is 2. The highest BCUT2D eigenvalue weighted by Crippen LogP contribution is 2.23. The molecular formula is C12H10FN3O3S. The second kappa shape index (κ2) is 5.25. The molecule has 0 saturated carbocycles. The van der Waals surface area contributed by atoms with Crippen LogP contribution in [0.3, 0.4) is 0 Å². The van der Waals surface area contributed by atoms with Gasteiger partial charge in [0, 0.05) is 0 Å². The number of hydrogen-bond donors (Lipinski definition) is 3. The predicted molar refractivity (Wildman–Crippen MR) is 72.6 cm³/mol. The van der Waals surface area contributed by atoms with Crippen LogP contribution in [0, 0.1) is 12.7 Å². The summed E-state index contributed by atoms with van der Waals surface area (Å²) in [6.45, 7) is 1.60. The van der Waals surface area contributed by atoms with E-state index in [1.54, 1.807) is 6.92 Å². The number of nitrogens with zero attached hydrogens (tertiary/aromatic N) is 1. The lowest BCUT2D eigenvalue weighted by atomic mass is 10.1. The second-order valence-electron chi connectivity index (χ2n) is 3.92. The number of benzene rings is 1. The van der Waals surface area contributed by atoms with Crippen LogP contribution in [0.25, 0.3) is 0 Å². The number of aromatic nitrogens is 1. The molecular weight excluding hydrogens is 285 g/mol. The number of amides is 1. The first-order chi connectivity index (χ1) is 9.38. The summed E-state index contributed by atoms with van der Waals surface area (Å²) >= 11 is 0.974. The SMILES string of the molecule is Cc1nc(N)sc1C(=O)Nc1cc(F)ccc1C(=O)O. The van der Waals surface area contributed by atoms with Crippen molar-refractivity contribution < 1.29 is 19.1 Å². The fourth-order valence-electron chi connectivity index (χ4n) is 1.61. The van der Waals surface area contributed by atoms with Crippen molar-refractivity contribution in [2.24, 2.45) is 0 Å². The van der Waals surface area contributed by atoms with Crippen molar-refractivity contribution in [3.8, 4) is 0 Å². The maximum Gasteiger partial charge on any atom is 0.337 e. The molecule has 8 heteroatoms. The van der Waals surface area contributed by atoms with Gasteiger partial charge in [0.1, 0.15) is 10.7 Å². The Morgan fingerprint density at radius 1 is 1.45 bits per heavy atom. The average molecular weight is 295 g/mol. The van der Waals surface area contributed by atoms with Crippen molar-refractivity contribution in [1.29, 1.82) is 0 Å². The highest BCUT2D eigenvalue weighted by Gasteiger charge is 2.18. The number of aryl methyl sites for hydroxylation is 1. The molecule has 6 nitrogen and oxygen atoms in total. The van der Waals surface area contributed by atoms with E-state index in [1.807, 2.05) is 0 Å². The minimum absolute atomic E-state index is 0.117. The summed E-state index contributed by atoms with van der Waals surface area (Å²) in [7, 11) is 0. The number of rotatable bonds is 3. The molecule has 1 amide bonds. The number of nitrogens with two attached hydrogens (primary N) is 1. The Balaban J connectivity index is 2.34. The van der Waals surface area contributed by atoms with Gasteiger partial charge in [0.25, 0.3) is 5.91 Å². The molecule has 0 aliphatic rings. The van der Waals surface area contributed by atoms with Gasteiger partial charge in [-0.25, -0.2) is 14.2 Å². The molecule has 0 radical (unpaired) electrons. The van der Waals surface area contributed by atoms with Gasteiger partial charge in [-0.15, -0.1) is 0 Å². The lowest BCUT2D eigenvalue weighted by Crippen LogP contribution is -2.14. The summed E-state index contributed by atoms with van der Waals surface area (Å²) in [6, 6.07) is 3.04. The number of aromatic carboxylic acids is 1. The van der Waals surface area contributed by atoms with Gasteiger partial charge in [0.2, 0.25) is 0 Å². The van der Waals surface area contributed by atoms with Crippen LogP contribution in [0.5, 0.6) is 0 Å². The van der Waals surface area contributed by atoms with Gasteiger partial charge in [-0.05, 0) is 25.1 Å². The van der Waals surface area contributed by atoms with Crippen molar-refractivity contribution >= 4 is 34.0 Å². The fraction of sp³-hybridized carbons (Fsp3) is 0.0833. The maximum atomic E-state index is 13.2. The van der Waals surface area contributed by atoms with E-state index in [-0.39, 0.29) is 21.3 Å². The van der Waals surface area contributed by atoms with Gasteiger partial charge in [0.05, 0.1) is 16.9 Å². The smallest absolute Gasteiger partial charge is 0.337 e. The molecule has 0 aliphatic carbocycles. The summed E-state index contributed by atoms with van der Waals surface area (Å²) < 4.78 is 13.2. The Hall–Kier alpha value is -2.48. The molecule has 2 rings (SSSR count). The monoisotopic (exact) mass is 295 g/mol. The molecule has 1 aromatic heterocycles. The third-order valence-corrected chi connectivity index (χ3v) is 3.46. The minimum atomic E-state index is -1.26. The third-order valence-electron chi connectivity index (χ3n) is 2.48. The fourth-order valence-corrected chi connectivity index (χ4v) is 2.34. The van der Waals surface area contributed by atoms with Gasteiger partial charge in [-0.1, -0.05) is 11.3 Å². The number of anilines is 2. The minimum Gasteiger partial charge on any atom is -0.478 e. The zero-order valence-electron chi connectivity index (χ0n) is 10.3. The molecule has 1 heterocycles. The van der Waals surface area contributed by atoms with Crippen molar-refractivity contribution in [1.82, 2.24) is 4.98 Å². The number of thiazole rings is 1. The number of carboxylic acids is 1. The Bertz CT molecular complexity index is 699. The molecule has 0 bridgehead atoms. The zero-order valence-corrected chi connectivity index (χ0v) is 11.1. The molecule has 0 aliphatic heterocycles. The highest BCUT2D eigenvalue weighted by molar-refractivity contribution is 7.17. The van der Waals surface area contributed by atoms with Crippen LogP contribution in [-0.4, -0.2) is 22.0 Å². The van der Waals surface area contributed by atoms with Crippen LogP contribution in [0.15, 0.2) is 18.2 Å². The predicted octanol–water partition coefficient (Wildman–Crippen LogP) is 2.12. The van der Waals surface area contributed by atoms with E-state index in [2.05, 4.69) is 10.3 Å². The van der Waals surface area contributed by atoms with Crippen LogP contribution in [-0.2, 0) is 0 Å². The average Bonchev–Trinajstić information content (AvgIpc) is 2.68. The lowest BCUT2D eigenvalue weighted by molar-refractivity contribution is 0.0698. The molecule has 20 heavy (non-hydrogen) atoms. The standard InChI is InChI=1S/C12H10FN3O3S/c1-5-9(20-12(14)15-5)10(17)16-8-4-6(13)2-3-7(8)11(18)19/h2-4H,1H3,(H2,14,15)(H,16,17)(H,18,19). The first-order valence-electron chi connectivity index (χ1n) is 5.45. The van der Waals surface area contributed by atoms with Crippen LogP contribution in [0.1, 0.15) is 25.7 Å². The van der Waals surface area contributed by atoms with Crippen LogP contribution in [0.4, 0.5) is 15.2 Å². The Labute approximate surface area is 117 Å². The number of carbonyl (C=O) groups excluding carboxylic acids is 1. The van der Waals surface area contributed by atoms with E-state index < -0.39 is 17.7 Å². The summed E-state index contributed by atoms with van der Waals surface area (Å²) in [4.78, 5) is 27.2. The molecule has 2 aromatic rings. The number of hydrogen-bond acceptors (Lipinski definition) is 5. The van der Waals surface area contributed by atoms with Crippen molar-refractivity contribution in [3.63, 3.8) is 0 Å². The van der Waals surface area contributed by atoms with E-state index in [1.165, 1.54) is 0 Å². The first kappa shape index (κ1) is 13.9. The van der Waals surface area contributed by atoms with E-state index in [9.17, 15) is 14.0 Å². The summed E-state index contributed by atoms with van der Waals surface area (Å²) in [5, 5.41) is 11.6. The summed E-state index contributed by atoms with van der Waals surface area (Å²) in [5.41, 5.74) is 5.60. The number of nitrogens with one attached hydrogen (secondary N) is 1. The molecule has 0 fully saturated rings. The van der Waals surface area contributed by atoms with Gasteiger partial charge >= 0.3 is 5.97 Å². The summed E-state index contributed by atoms with van der Waals surface area (Å²) in [5.74, 6) is -2.49. The van der Waals surface area contributed by atoms with E-state index in [4.69, 9.17) is 10.8 Å². The molecule has 1 aromatic carbocycles. The Morgan fingerprint density at radius 2 is 2.15 bits per heavy atom. The largest absolute Gasteiger partial charge is 0.478 e. The number of nitrogen functional groups attached to an aromatic ring is 1. The van der Waals surface area contributed by atoms with Crippen LogP contribution < -0.4 is 11.1 Å². The van der Waals surface area contributed by atoms with E-state index >= 15 is 0 Å². The first-order valence-corrected chi connectivity index (χ1v) is 6.27. The van der Waals surface area contributed by atoms with Gasteiger partial charge in [-0.3, -0.25) is 4.79 Å². The van der Waals surface area contributed by atoms with E-state index in [0.29, 0.717) is 5.69 Å². The summed E-state index contributed by atoms with van der Waals surface area (Å²) in [6.07, 6.45) is 0. The second-order valence-corrected chi connectivity index (χ2v) is 4.95.